The molecular weight excluding hydrogens is 520 g/mol. The third-order valence-electron chi connectivity index (χ3n) is 4.68. The zero-order valence-corrected chi connectivity index (χ0v) is 19.5. The molecular formula is C23H15Cl2F3N6O2. The van der Waals surface area contributed by atoms with Crippen molar-refractivity contribution in [2.24, 2.45) is 0 Å². The lowest BCUT2D eigenvalue weighted by atomic mass is 10.1. The minimum absolute atomic E-state index is 0.0188. The van der Waals surface area contributed by atoms with Crippen molar-refractivity contribution < 1.29 is 22.7 Å². The number of nitrogens with one attached hydrogen (secondary N) is 2. The molecule has 0 fully saturated rings. The number of anilines is 3. The lowest BCUT2D eigenvalue weighted by Gasteiger charge is -2.14. The van der Waals surface area contributed by atoms with Crippen molar-refractivity contribution in [2.75, 3.05) is 16.4 Å². The van der Waals surface area contributed by atoms with Crippen LogP contribution in [0.15, 0.2) is 67.1 Å². The van der Waals surface area contributed by atoms with Crippen molar-refractivity contribution in [3.8, 4) is 22.9 Å². The molecule has 0 spiro atoms. The summed E-state index contributed by atoms with van der Waals surface area (Å²) in [5.74, 6) is 0.752. The summed E-state index contributed by atoms with van der Waals surface area (Å²) in [4.78, 5) is 24.2. The highest BCUT2D eigenvalue weighted by molar-refractivity contribution is 6.31. The largest absolute Gasteiger partial charge is 0.424 e. The van der Waals surface area contributed by atoms with Crippen molar-refractivity contribution in [3.63, 3.8) is 0 Å². The van der Waals surface area contributed by atoms with Gasteiger partial charge in [-0.3, -0.25) is 0 Å². The number of carbonyl (C=O) groups excluding carboxylic acids is 1. The fourth-order valence-corrected chi connectivity index (χ4v) is 3.40. The molecule has 4 N–H and O–H groups in total. The first kappa shape index (κ1) is 25.0. The van der Waals surface area contributed by atoms with E-state index in [2.05, 4.69) is 25.6 Å². The zero-order chi connectivity index (χ0) is 25.9. The number of nitrogens with two attached hydrogens (primary N) is 1. The standard InChI is InChI=1S/C23H15Cl2F3N6O2/c24-13-3-6-19(18(8-13)23(26,27)28)34-21(35)33-15-10-31-22(32-11-15)36-16-4-1-12(2-5-16)17-7-14(25)9-30-20(17)29/h1-11H,(H2,29,30)(H2,33,34,35). The molecule has 0 atom stereocenters. The highest BCUT2D eigenvalue weighted by Crippen LogP contribution is 2.36. The van der Waals surface area contributed by atoms with Crippen LogP contribution in [0.2, 0.25) is 10.0 Å². The molecule has 184 valence electrons. The Hall–Kier alpha value is -4.09. The number of hydrogen-bond donors (Lipinski definition) is 3. The third kappa shape index (κ3) is 6.12. The molecule has 0 aliphatic carbocycles. The Kier molecular flexibility index (Phi) is 7.13. The molecule has 2 heterocycles. The van der Waals surface area contributed by atoms with E-state index in [9.17, 15) is 18.0 Å². The average molecular weight is 535 g/mol. The second kappa shape index (κ2) is 10.3. The maximum atomic E-state index is 13.2. The van der Waals surface area contributed by atoms with Crippen LogP contribution in [0.1, 0.15) is 5.56 Å². The molecule has 0 bridgehead atoms. The van der Waals surface area contributed by atoms with Gasteiger partial charge in [0.25, 0.3) is 0 Å². The van der Waals surface area contributed by atoms with E-state index < -0.39 is 23.5 Å². The van der Waals surface area contributed by atoms with E-state index in [0.29, 0.717) is 22.2 Å². The molecule has 0 aliphatic rings. The fraction of sp³-hybridized carbons (Fsp3) is 0.0435. The Bertz CT molecular complexity index is 1400. The van der Waals surface area contributed by atoms with Gasteiger partial charge in [-0.2, -0.15) is 13.2 Å². The number of rotatable bonds is 5. The van der Waals surface area contributed by atoms with Gasteiger partial charge in [0.05, 0.1) is 34.4 Å². The van der Waals surface area contributed by atoms with Gasteiger partial charge >= 0.3 is 18.2 Å². The highest BCUT2D eigenvalue weighted by Gasteiger charge is 2.34. The van der Waals surface area contributed by atoms with Gasteiger partial charge in [-0.15, -0.1) is 0 Å². The van der Waals surface area contributed by atoms with Crippen molar-refractivity contribution in [2.45, 2.75) is 6.18 Å². The summed E-state index contributed by atoms with van der Waals surface area (Å²) >= 11 is 11.6. The van der Waals surface area contributed by atoms with Gasteiger partial charge in [0.1, 0.15) is 11.6 Å². The van der Waals surface area contributed by atoms with Gasteiger partial charge < -0.3 is 21.1 Å². The molecule has 36 heavy (non-hydrogen) atoms. The predicted molar refractivity (Wildman–Crippen MR) is 130 cm³/mol. The normalized spacial score (nSPS) is 11.1. The van der Waals surface area contributed by atoms with E-state index in [1.165, 1.54) is 24.7 Å². The molecule has 0 aliphatic heterocycles. The van der Waals surface area contributed by atoms with Crippen LogP contribution >= 0.6 is 23.2 Å². The summed E-state index contributed by atoms with van der Waals surface area (Å²) in [6.45, 7) is 0. The Morgan fingerprint density at radius 3 is 2.25 bits per heavy atom. The summed E-state index contributed by atoms with van der Waals surface area (Å²) in [5.41, 5.74) is 5.93. The van der Waals surface area contributed by atoms with Gasteiger partial charge in [0, 0.05) is 16.8 Å². The van der Waals surface area contributed by atoms with E-state index in [1.807, 2.05) is 0 Å². The third-order valence-corrected chi connectivity index (χ3v) is 5.12. The predicted octanol–water partition coefficient (Wildman–Crippen LogP) is 6.88. The van der Waals surface area contributed by atoms with Crippen LogP contribution in [0.5, 0.6) is 11.8 Å². The number of benzene rings is 2. The molecule has 13 heteroatoms. The molecule has 4 rings (SSSR count). The molecule has 0 saturated carbocycles. The van der Waals surface area contributed by atoms with Crippen LogP contribution in [0, 0.1) is 0 Å². The molecule has 0 radical (unpaired) electrons. The summed E-state index contributed by atoms with van der Waals surface area (Å²) in [5, 5.41) is 4.82. The SMILES string of the molecule is Nc1ncc(Cl)cc1-c1ccc(Oc2ncc(NC(=O)Nc3ccc(Cl)cc3C(F)(F)F)cn2)cc1. The summed E-state index contributed by atoms with van der Waals surface area (Å²) in [7, 11) is 0. The summed E-state index contributed by atoms with van der Waals surface area (Å²) in [6.07, 6.45) is -0.775. The minimum atomic E-state index is -4.70. The van der Waals surface area contributed by atoms with Crippen molar-refractivity contribution in [1.82, 2.24) is 15.0 Å². The van der Waals surface area contributed by atoms with Crippen molar-refractivity contribution in [3.05, 3.63) is 82.7 Å². The number of ether oxygens (including phenoxy) is 1. The Morgan fingerprint density at radius 2 is 1.58 bits per heavy atom. The van der Waals surface area contributed by atoms with Gasteiger partial charge in [-0.05, 0) is 42.0 Å². The van der Waals surface area contributed by atoms with E-state index >= 15 is 0 Å². The van der Waals surface area contributed by atoms with Crippen molar-refractivity contribution >= 4 is 46.4 Å². The number of halogens is 5. The summed E-state index contributed by atoms with van der Waals surface area (Å²) in [6, 6.07) is 10.6. The zero-order valence-electron chi connectivity index (χ0n) is 18.0. The first-order valence-corrected chi connectivity index (χ1v) is 10.8. The van der Waals surface area contributed by atoms with Crippen LogP contribution in [0.4, 0.5) is 35.2 Å². The highest BCUT2D eigenvalue weighted by atomic mass is 35.5. The van der Waals surface area contributed by atoms with Gasteiger partial charge in [0.2, 0.25) is 0 Å². The number of alkyl halides is 3. The number of carbonyl (C=O) groups is 1. The number of nitrogens with zero attached hydrogens (tertiary/aromatic N) is 3. The first-order chi connectivity index (χ1) is 17.1. The van der Waals surface area contributed by atoms with Crippen molar-refractivity contribution in [1.29, 1.82) is 0 Å². The topological polar surface area (TPSA) is 115 Å². The van der Waals surface area contributed by atoms with Crippen LogP contribution in [-0.2, 0) is 6.18 Å². The average Bonchev–Trinajstić information content (AvgIpc) is 2.83. The molecule has 2 amide bonds. The minimum Gasteiger partial charge on any atom is -0.424 e. The van der Waals surface area contributed by atoms with Crippen LogP contribution in [0.25, 0.3) is 11.1 Å². The Morgan fingerprint density at radius 1 is 0.889 bits per heavy atom. The molecule has 8 nitrogen and oxygen atoms in total. The second-order valence-corrected chi connectivity index (χ2v) is 8.11. The molecule has 0 unspecified atom stereocenters. The van der Waals surface area contributed by atoms with Gasteiger partial charge in [-0.25, -0.2) is 19.7 Å². The smallest absolute Gasteiger partial charge is 0.418 e. The van der Waals surface area contributed by atoms with Gasteiger partial charge in [-0.1, -0.05) is 35.3 Å². The number of amides is 2. The van der Waals surface area contributed by atoms with Gasteiger partial charge in [0.15, 0.2) is 0 Å². The number of nitrogen functional groups attached to an aromatic ring is 1. The van der Waals surface area contributed by atoms with Crippen LogP contribution in [-0.4, -0.2) is 21.0 Å². The van der Waals surface area contributed by atoms with E-state index in [-0.39, 0.29) is 16.7 Å². The first-order valence-electron chi connectivity index (χ1n) is 10.0. The number of urea groups is 1. The quantitative estimate of drug-likeness (QED) is 0.257. The Labute approximate surface area is 212 Å². The monoisotopic (exact) mass is 534 g/mol. The second-order valence-electron chi connectivity index (χ2n) is 7.23. The van der Waals surface area contributed by atoms with E-state index in [0.717, 1.165) is 17.7 Å². The summed E-state index contributed by atoms with van der Waals surface area (Å²) < 4.78 is 45.2. The molecule has 2 aromatic carbocycles. The lowest BCUT2D eigenvalue weighted by molar-refractivity contribution is -0.136. The molecule has 4 aromatic rings. The van der Waals surface area contributed by atoms with E-state index in [1.54, 1.807) is 30.3 Å². The maximum Gasteiger partial charge on any atom is 0.418 e. The number of aromatic nitrogens is 3. The number of pyridine rings is 1. The van der Waals surface area contributed by atoms with Crippen LogP contribution in [0.3, 0.4) is 0 Å². The molecule has 2 aromatic heterocycles. The fourth-order valence-electron chi connectivity index (χ4n) is 3.07. The Balaban J connectivity index is 1.39. The van der Waals surface area contributed by atoms with E-state index in [4.69, 9.17) is 33.7 Å². The number of hydrogen-bond acceptors (Lipinski definition) is 6. The maximum absolute atomic E-state index is 13.2. The molecule has 0 saturated heterocycles. The van der Waals surface area contributed by atoms with Crippen LogP contribution < -0.4 is 21.1 Å². The lowest BCUT2D eigenvalue weighted by Crippen LogP contribution is -2.22.